The van der Waals surface area contributed by atoms with Crippen molar-refractivity contribution < 1.29 is 23.9 Å². The Bertz CT molecular complexity index is 822. The first-order chi connectivity index (χ1) is 26.4. The molecule has 0 fully saturated rings. The van der Waals surface area contributed by atoms with E-state index in [2.05, 4.69) is 44.7 Å². The normalized spacial score (nSPS) is 12.6. The largest absolute Gasteiger partial charge is 0.468 e. The number of nitrogens with zero attached hydrogens (tertiary/aromatic N) is 2. The minimum Gasteiger partial charge on any atom is -0.468 e. The summed E-state index contributed by atoms with van der Waals surface area (Å²) in [6.07, 6.45) is 38.1. The molecule has 2 unspecified atom stereocenters. The summed E-state index contributed by atoms with van der Waals surface area (Å²) >= 11 is 0. The molecule has 0 aliphatic heterocycles. The van der Waals surface area contributed by atoms with E-state index in [0.717, 1.165) is 96.6 Å². The van der Waals surface area contributed by atoms with Gasteiger partial charge in [0.2, 0.25) is 5.91 Å². The minimum absolute atomic E-state index is 0.0455. The van der Waals surface area contributed by atoms with E-state index < -0.39 is 0 Å². The average molecular weight is 765 g/mol. The molecule has 0 aliphatic carbocycles. The van der Waals surface area contributed by atoms with Gasteiger partial charge in [0.1, 0.15) is 0 Å². The van der Waals surface area contributed by atoms with Crippen LogP contribution < -0.4 is 0 Å². The van der Waals surface area contributed by atoms with E-state index in [4.69, 9.17) is 9.47 Å². The first kappa shape index (κ1) is 52.4. The molecule has 0 saturated heterocycles. The van der Waals surface area contributed by atoms with Crippen LogP contribution in [0.3, 0.4) is 0 Å². The highest BCUT2D eigenvalue weighted by molar-refractivity contribution is 5.76. The number of carbonyl (C=O) groups is 3. The van der Waals surface area contributed by atoms with E-state index in [9.17, 15) is 14.4 Å². The van der Waals surface area contributed by atoms with Gasteiger partial charge in [-0.2, -0.15) is 0 Å². The Morgan fingerprint density at radius 3 is 1.48 bits per heavy atom. The topological polar surface area (TPSA) is 76.2 Å². The molecule has 0 spiro atoms. The van der Waals surface area contributed by atoms with Gasteiger partial charge in [0, 0.05) is 19.0 Å². The number of esters is 1. The van der Waals surface area contributed by atoms with Crippen LogP contribution in [0.25, 0.3) is 0 Å². The van der Waals surface area contributed by atoms with E-state index in [1.165, 1.54) is 122 Å². The standard InChI is InChI=1S/C47H92N2O5/c1-6-9-12-14-17-24-30-38-46(51)49(40-33-39-48(4)5)45(36-28-22-18-15-20-25-31-41-53-43-50)37-29-23-19-16-21-26-32-42-54-47(52)44(34-11-8-3)35-27-13-10-7-2/h43-45H,6-42H2,1-5H3. The molecule has 2 atom stereocenters. The van der Waals surface area contributed by atoms with Gasteiger partial charge >= 0.3 is 5.97 Å². The highest BCUT2D eigenvalue weighted by Gasteiger charge is 2.23. The van der Waals surface area contributed by atoms with Gasteiger partial charge in [0.25, 0.3) is 6.47 Å². The van der Waals surface area contributed by atoms with Crippen LogP contribution >= 0.6 is 0 Å². The number of hydrogen-bond acceptors (Lipinski definition) is 6. The Balaban J connectivity index is 4.83. The third kappa shape index (κ3) is 33.7. The molecular weight excluding hydrogens is 673 g/mol. The zero-order valence-corrected chi connectivity index (χ0v) is 36.8. The highest BCUT2D eigenvalue weighted by atomic mass is 16.5. The molecule has 0 N–H and O–H groups in total. The third-order valence-electron chi connectivity index (χ3n) is 11.2. The Labute approximate surface area is 336 Å². The maximum Gasteiger partial charge on any atom is 0.308 e. The lowest BCUT2D eigenvalue weighted by molar-refractivity contribution is -0.149. The van der Waals surface area contributed by atoms with Crippen molar-refractivity contribution in [3.8, 4) is 0 Å². The Morgan fingerprint density at radius 1 is 0.500 bits per heavy atom. The van der Waals surface area contributed by atoms with E-state index in [-0.39, 0.29) is 11.9 Å². The highest BCUT2D eigenvalue weighted by Crippen LogP contribution is 2.23. The van der Waals surface area contributed by atoms with E-state index in [0.29, 0.717) is 38.1 Å². The van der Waals surface area contributed by atoms with Gasteiger partial charge in [-0.15, -0.1) is 0 Å². The molecule has 0 rings (SSSR count). The van der Waals surface area contributed by atoms with Crippen molar-refractivity contribution in [2.24, 2.45) is 5.92 Å². The van der Waals surface area contributed by atoms with Crippen molar-refractivity contribution >= 4 is 18.3 Å². The second-order valence-electron chi connectivity index (χ2n) is 16.6. The molecule has 0 saturated carbocycles. The summed E-state index contributed by atoms with van der Waals surface area (Å²) in [4.78, 5) is 41.4. The molecule has 0 heterocycles. The number of rotatable bonds is 43. The van der Waals surface area contributed by atoms with Crippen LogP contribution in [-0.4, -0.2) is 74.6 Å². The van der Waals surface area contributed by atoms with Gasteiger partial charge in [-0.25, -0.2) is 0 Å². The lowest BCUT2D eigenvalue weighted by Crippen LogP contribution is -2.41. The molecule has 7 nitrogen and oxygen atoms in total. The van der Waals surface area contributed by atoms with Gasteiger partial charge in [-0.05, 0) is 72.0 Å². The lowest BCUT2D eigenvalue weighted by atomic mass is 9.95. The molecule has 0 aromatic rings. The number of ether oxygens (including phenoxy) is 2. The fourth-order valence-electron chi connectivity index (χ4n) is 7.70. The van der Waals surface area contributed by atoms with Gasteiger partial charge in [0.05, 0.1) is 19.1 Å². The molecule has 320 valence electrons. The van der Waals surface area contributed by atoms with Crippen molar-refractivity contribution in [3.05, 3.63) is 0 Å². The van der Waals surface area contributed by atoms with Crippen LogP contribution in [0, 0.1) is 5.92 Å². The molecule has 54 heavy (non-hydrogen) atoms. The predicted octanol–water partition coefficient (Wildman–Crippen LogP) is 13.0. The first-order valence-electron chi connectivity index (χ1n) is 23.6. The molecule has 0 aromatic carbocycles. The minimum atomic E-state index is 0.0455. The molecule has 0 aromatic heterocycles. The molecule has 0 radical (unpaired) electrons. The van der Waals surface area contributed by atoms with E-state index in [1.54, 1.807) is 0 Å². The van der Waals surface area contributed by atoms with Crippen molar-refractivity contribution in [2.45, 2.75) is 239 Å². The Hall–Kier alpha value is -1.63. The van der Waals surface area contributed by atoms with Gasteiger partial charge in [0.15, 0.2) is 0 Å². The molecular formula is C47H92N2O5. The monoisotopic (exact) mass is 765 g/mol. The number of unbranched alkanes of at least 4 members (excludes halogenated alkanes) is 22. The average Bonchev–Trinajstić information content (AvgIpc) is 3.16. The summed E-state index contributed by atoms with van der Waals surface area (Å²) < 4.78 is 10.6. The summed E-state index contributed by atoms with van der Waals surface area (Å²) in [6, 6.07) is 0.354. The SMILES string of the molecule is CCCCCCCCCC(=O)N(CCCN(C)C)C(CCCCCCCCCOC=O)CCCCCCCCCOC(=O)C(CCCC)CCCCCC. The predicted molar refractivity (Wildman–Crippen MR) is 230 cm³/mol. The second-order valence-corrected chi connectivity index (χ2v) is 16.6. The smallest absolute Gasteiger partial charge is 0.308 e. The second kappa shape index (κ2) is 41.0. The molecule has 0 bridgehead atoms. The Kier molecular flexibility index (Phi) is 39.8. The van der Waals surface area contributed by atoms with Gasteiger partial charge in [-0.1, -0.05) is 175 Å². The van der Waals surface area contributed by atoms with Gasteiger partial charge < -0.3 is 19.3 Å². The van der Waals surface area contributed by atoms with Crippen molar-refractivity contribution in [1.82, 2.24) is 9.80 Å². The quantitative estimate of drug-likeness (QED) is 0.0350. The maximum atomic E-state index is 13.8. The van der Waals surface area contributed by atoms with E-state index in [1.807, 2.05) is 0 Å². The zero-order chi connectivity index (χ0) is 39.7. The van der Waals surface area contributed by atoms with Crippen molar-refractivity contribution in [3.63, 3.8) is 0 Å². The number of amides is 1. The van der Waals surface area contributed by atoms with Crippen LogP contribution in [0.5, 0.6) is 0 Å². The summed E-state index contributed by atoms with van der Waals surface area (Å²) in [7, 11) is 4.26. The third-order valence-corrected chi connectivity index (χ3v) is 11.2. The van der Waals surface area contributed by atoms with Crippen molar-refractivity contribution in [1.29, 1.82) is 0 Å². The summed E-state index contributed by atoms with van der Waals surface area (Å²) in [5, 5.41) is 0. The lowest BCUT2D eigenvalue weighted by Gasteiger charge is -2.33. The summed E-state index contributed by atoms with van der Waals surface area (Å²) in [5.41, 5.74) is 0. The Morgan fingerprint density at radius 2 is 0.944 bits per heavy atom. The van der Waals surface area contributed by atoms with Crippen LogP contribution in [0.4, 0.5) is 0 Å². The van der Waals surface area contributed by atoms with Crippen LogP contribution in [-0.2, 0) is 23.9 Å². The maximum absolute atomic E-state index is 13.8. The van der Waals surface area contributed by atoms with Crippen molar-refractivity contribution in [2.75, 3.05) is 40.4 Å². The van der Waals surface area contributed by atoms with Crippen LogP contribution in [0.15, 0.2) is 0 Å². The van der Waals surface area contributed by atoms with Gasteiger partial charge in [-0.3, -0.25) is 14.4 Å². The molecule has 1 amide bonds. The summed E-state index contributed by atoms with van der Waals surface area (Å²) in [5.74, 6) is 0.527. The van der Waals surface area contributed by atoms with Crippen LogP contribution in [0.2, 0.25) is 0 Å². The van der Waals surface area contributed by atoms with Crippen LogP contribution in [0.1, 0.15) is 233 Å². The first-order valence-corrected chi connectivity index (χ1v) is 23.6. The molecule has 7 heteroatoms. The summed E-state index contributed by atoms with van der Waals surface area (Å²) in [6.45, 7) is 10.2. The number of hydrogen-bond donors (Lipinski definition) is 0. The zero-order valence-electron chi connectivity index (χ0n) is 36.8. The molecule has 0 aliphatic rings. The fraction of sp³-hybridized carbons (Fsp3) is 0.936. The number of carbonyl (C=O) groups excluding carboxylic acids is 3. The fourth-order valence-corrected chi connectivity index (χ4v) is 7.70. The van der Waals surface area contributed by atoms with E-state index >= 15 is 0 Å².